The summed E-state index contributed by atoms with van der Waals surface area (Å²) >= 11 is 5.82. The Hall–Kier alpha value is -0.650. The fraction of sp³-hybridized carbons (Fsp3) is 0.818. The lowest BCUT2D eigenvalue weighted by atomic mass is 10.1. The van der Waals surface area contributed by atoms with E-state index in [2.05, 4.69) is 9.98 Å². The Morgan fingerprint density at radius 1 is 1.35 bits per heavy atom. The molecule has 1 fully saturated rings. The smallest absolute Gasteiger partial charge is 0.219 e. The average Bonchev–Trinajstić information content (AvgIpc) is 2.35. The van der Waals surface area contributed by atoms with E-state index in [4.69, 9.17) is 16.3 Å². The topological polar surface area (TPSA) is 57.4 Å². The second-order valence-electron chi connectivity index (χ2n) is 4.25. The van der Waals surface area contributed by atoms with Gasteiger partial charge in [-0.2, -0.15) is 0 Å². The molecule has 1 unspecified atom stereocenters. The molecule has 0 spiro atoms. The zero-order valence-corrected chi connectivity index (χ0v) is 11.3. The summed E-state index contributed by atoms with van der Waals surface area (Å²) in [7, 11) is 1.57. The van der Waals surface area contributed by atoms with Crippen LogP contribution >= 0.6 is 11.6 Å². The van der Waals surface area contributed by atoms with Crippen LogP contribution in [0.5, 0.6) is 0 Å². The summed E-state index contributed by atoms with van der Waals surface area (Å²) in [4.78, 5) is 9.98. The molecule has 1 heterocycles. The highest BCUT2D eigenvalue weighted by molar-refractivity contribution is 6.65. The third kappa shape index (κ3) is 4.26. The van der Waals surface area contributed by atoms with Gasteiger partial charge < -0.3 is 14.7 Å². The molecule has 0 aromatic rings. The molecule has 1 rings (SSSR count). The van der Waals surface area contributed by atoms with Crippen LogP contribution in [0.1, 0.15) is 13.8 Å². The molecule has 1 aliphatic heterocycles. The van der Waals surface area contributed by atoms with Gasteiger partial charge in [0.05, 0.1) is 13.2 Å². The van der Waals surface area contributed by atoms with Crippen molar-refractivity contribution in [2.24, 2.45) is 15.9 Å². The first kappa shape index (κ1) is 14.4. The highest BCUT2D eigenvalue weighted by Crippen LogP contribution is 2.10. The molecular weight excluding hydrogens is 242 g/mol. The second kappa shape index (κ2) is 6.93. The summed E-state index contributed by atoms with van der Waals surface area (Å²) in [5.74, 6) is 0.664. The first-order valence-corrected chi connectivity index (χ1v) is 6.15. The molecule has 6 heteroatoms. The minimum absolute atomic E-state index is 0.0814. The lowest BCUT2D eigenvalue weighted by Crippen LogP contribution is -2.47. The van der Waals surface area contributed by atoms with Crippen LogP contribution in [0.3, 0.4) is 0 Å². The second-order valence-corrected chi connectivity index (χ2v) is 4.59. The van der Waals surface area contributed by atoms with Crippen LogP contribution in [0.25, 0.3) is 0 Å². The normalized spacial score (nSPS) is 20.9. The summed E-state index contributed by atoms with van der Waals surface area (Å²) in [5, 5.41) is 10.3. The van der Waals surface area contributed by atoms with Crippen molar-refractivity contribution in [2.45, 2.75) is 20.0 Å². The molecule has 17 heavy (non-hydrogen) atoms. The van der Waals surface area contributed by atoms with E-state index in [-0.39, 0.29) is 11.2 Å². The molecule has 0 aromatic heterocycles. The SMILES string of the molecule is CN=C(Cl)N=C(C(O)C(C)C)N1CCOCC1. The summed E-state index contributed by atoms with van der Waals surface area (Å²) in [6, 6.07) is 0. The van der Waals surface area contributed by atoms with Gasteiger partial charge in [-0.05, 0) is 17.5 Å². The zero-order chi connectivity index (χ0) is 12.8. The Morgan fingerprint density at radius 2 is 1.94 bits per heavy atom. The highest BCUT2D eigenvalue weighted by Gasteiger charge is 2.24. The Labute approximate surface area is 107 Å². The van der Waals surface area contributed by atoms with E-state index < -0.39 is 6.10 Å². The Morgan fingerprint density at radius 3 is 2.41 bits per heavy atom. The van der Waals surface area contributed by atoms with Crippen molar-refractivity contribution in [2.75, 3.05) is 33.4 Å². The number of hydrogen-bond acceptors (Lipinski definition) is 3. The molecular formula is C11H20ClN3O2. The van der Waals surface area contributed by atoms with Crippen molar-refractivity contribution in [3.05, 3.63) is 0 Å². The summed E-state index contributed by atoms with van der Waals surface area (Å²) in [5.41, 5.74) is 0. The van der Waals surface area contributed by atoms with E-state index in [1.54, 1.807) is 7.05 Å². The van der Waals surface area contributed by atoms with E-state index in [1.807, 2.05) is 18.7 Å². The molecule has 0 bridgehead atoms. The molecule has 0 aliphatic carbocycles. The van der Waals surface area contributed by atoms with Gasteiger partial charge in [-0.15, -0.1) is 0 Å². The van der Waals surface area contributed by atoms with Crippen molar-refractivity contribution in [3.8, 4) is 0 Å². The van der Waals surface area contributed by atoms with Crippen molar-refractivity contribution < 1.29 is 9.84 Å². The van der Waals surface area contributed by atoms with Gasteiger partial charge >= 0.3 is 0 Å². The number of halogens is 1. The predicted molar refractivity (Wildman–Crippen MR) is 69.9 cm³/mol. The Kier molecular flexibility index (Phi) is 5.88. The summed E-state index contributed by atoms with van der Waals surface area (Å²) in [6.07, 6.45) is -0.636. The fourth-order valence-electron chi connectivity index (χ4n) is 1.56. The third-order valence-corrected chi connectivity index (χ3v) is 2.88. The Balaban J connectivity index is 2.88. The molecule has 0 saturated carbocycles. The van der Waals surface area contributed by atoms with E-state index in [1.165, 1.54) is 0 Å². The molecule has 0 amide bonds. The van der Waals surface area contributed by atoms with Gasteiger partial charge in [0.2, 0.25) is 5.29 Å². The molecule has 98 valence electrons. The zero-order valence-electron chi connectivity index (χ0n) is 10.6. The number of ether oxygens (including phenoxy) is 1. The van der Waals surface area contributed by atoms with Gasteiger partial charge in [-0.3, -0.25) is 4.99 Å². The van der Waals surface area contributed by atoms with Crippen LogP contribution in [-0.2, 0) is 4.74 Å². The minimum atomic E-state index is -0.636. The van der Waals surface area contributed by atoms with E-state index >= 15 is 0 Å². The van der Waals surface area contributed by atoms with Gasteiger partial charge in [0.15, 0.2) is 0 Å². The molecule has 0 aromatic carbocycles. The van der Waals surface area contributed by atoms with Crippen LogP contribution in [0, 0.1) is 5.92 Å². The van der Waals surface area contributed by atoms with Gasteiger partial charge in [0, 0.05) is 20.1 Å². The van der Waals surface area contributed by atoms with Gasteiger partial charge in [-0.25, -0.2) is 4.99 Å². The largest absolute Gasteiger partial charge is 0.385 e. The lowest BCUT2D eigenvalue weighted by Gasteiger charge is -2.33. The number of nitrogens with zero attached hydrogens (tertiary/aromatic N) is 3. The monoisotopic (exact) mass is 261 g/mol. The number of aliphatic imine (C=N–C) groups is 2. The Bertz CT molecular complexity index is 299. The van der Waals surface area contributed by atoms with Gasteiger partial charge in [0.25, 0.3) is 0 Å². The number of amidine groups is 2. The van der Waals surface area contributed by atoms with Gasteiger partial charge in [-0.1, -0.05) is 13.8 Å². The van der Waals surface area contributed by atoms with Crippen LogP contribution in [0.4, 0.5) is 0 Å². The van der Waals surface area contributed by atoms with Crippen molar-refractivity contribution >= 4 is 22.7 Å². The van der Waals surface area contributed by atoms with Crippen molar-refractivity contribution in [1.29, 1.82) is 0 Å². The quantitative estimate of drug-likeness (QED) is 0.458. The minimum Gasteiger partial charge on any atom is -0.385 e. The van der Waals surface area contributed by atoms with Crippen molar-refractivity contribution in [3.63, 3.8) is 0 Å². The third-order valence-electron chi connectivity index (χ3n) is 2.62. The van der Waals surface area contributed by atoms with Crippen LogP contribution in [-0.4, -0.2) is 60.6 Å². The number of aliphatic hydroxyl groups is 1. The first-order chi connectivity index (χ1) is 8.06. The summed E-state index contributed by atoms with van der Waals surface area (Å²) in [6.45, 7) is 6.61. The number of aliphatic hydroxyl groups excluding tert-OH is 1. The summed E-state index contributed by atoms with van der Waals surface area (Å²) < 4.78 is 5.28. The van der Waals surface area contributed by atoms with Crippen LogP contribution in [0.2, 0.25) is 0 Å². The molecule has 1 aliphatic rings. The van der Waals surface area contributed by atoms with Crippen LogP contribution in [0.15, 0.2) is 9.98 Å². The highest BCUT2D eigenvalue weighted by atomic mass is 35.5. The molecule has 0 radical (unpaired) electrons. The maximum atomic E-state index is 10.2. The standard InChI is InChI=1S/C11H20ClN3O2/c1-8(2)9(16)10(14-11(12)13-3)15-4-6-17-7-5-15/h8-9,16H,4-7H2,1-3H3. The van der Waals surface area contributed by atoms with E-state index in [0.717, 1.165) is 13.1 Å². The van der Waals surface area contributed by atoms with Crippen molar-refractivity contribution in [1.82, 2.24) is 4.90 Å². The lowest BCUT2D eigenvalue weighted by molar-refractivity contribution is 0.0598. The van der Waals surface area contributed by atoms with Crippen LogP contribution < -0.4 is 0 Å². The number of rotatable bonds is 2. The fourth-order valence-corrected chi connectivity index (χ4v) is 1.65. The molecule has 5 nitrogen and oxygen atoms in total. The first-order valence-electron chi connectivity index (χ1n) is 5.78. The number of hydrogen-bond donors (Lipinski definition) is 1. The predicted octanol–water partition coefficient (Wildman–Crippen LogP) is 0.959. The van der Waals surface area contributed by atoms with E-state index in [0.29, 0.717) is 19.0 Å². The molecule has 1 saturated heterocycles. The maximum Gasteiger partial charge on any atom is 0.219 e. The van der Waals surface area contributed by atoms with Gasteiger partial charge in [0.1, 0.15) is 11.9 Å². The molecule has 1 N–H and O–H groups in total. The maximum absolute atomic E-state index is 10.2. The molecule has 1 atom stereocenters. The average molecular weight is 262 g/mol. The van der Waals surface area contributed by atoms with E-state index in [9.17, 15) is 5.11 Å². The number of morpholine rings is 1.